The van der Waals surface area contributed by atoms with Gasteiger partial charge in [0.25, 0.3) is 0 Å². The molecule has 2 atom stereocenters. The predicted octanol–water partition coefficient (Wildman–Crippen LogP) is 4.07. The second-order valence-corrected chi connectivity index (χ2v) is 6.61. The lowest BCUT2D eigenvalue weighted by atomic mass is 9.75. The van der Waals surface area contributed by atoms with Crippen molar-refractivity contribution in [3.8, 4) is 5.75 Å². The normalized spacial score (nSPS) is 25.5. The van der Waals surface area contributed by atoms with E-state index in [2.05, 4.69) is 24.0 Å². The van der Waals surface area contributed by atoms with E-state index in [1.807, 2.05) is 6.07 Å². The molecule has 21 heavy (non-hydrogen) atoms. The molecular weight excluding hydrogens is 260 g/mol. The maximum absolute atomic E-state index is 6.02. The van der Waals surface area contributed by atoms with Gasteiger partial charge in [-0.15, -0.1) is 0 Å². The zero-order valence-electron chi connectivity index (χ0n) is 13.2. The summed E-state index contributed by atoms with van der Waals surface area (Å²) in [6.45, 7) is 5.24. The Labute approximate surface area is 128 Å². The first-order valence-electron chi connectivity index (χ1n) is 8.55. The van der Waals surface area contributed by atoms with Crippen molar-refractivity contribution >= 4 is 11.4 Å². The third-order valence-corrected chi connectivity index (χ3v) is 5.12. The van der Waals surface area contributed by atoms with Crippen LogP contribution in [0.25, 0.3) is 0 Å². The van der Waals surface area contributed by atoms with Gasteiger partial charge >= 0.3 is 0 Å². The van der Waals surface area contributed by atoms with E-state index in [0.717, 1.165) is 36.3 Å². The Balaban J connectivity index is 1.71. The van der Waals surface area contributed by atoms with E-state index in [4.69, 9.17) is 10.5 Å². The topological polar surface area (TPSA) is 38.5 Å². The second kappa shape index (κ2) is 6.59. The quantitative estimate of drug-likeness (QED) is 0.849. The monoisotopic (exact) mass is 288 g/mol. The molecule has 1 aliphatic heterocycles. The highest BCUT2D eigenvalue weighted by atomic mass is 16.5. The van der Waals surface area contributed by atoms with Crippen molar-refractivity contribution in [3.63, 3.8) is 0 Å². The van der Waals surface area contributed by atoms with Crippen LogP contribution in [-0.4, -0.2) is 19.7 Å². The van der Waals surface area contributed by atoms with Crippen molar-refractivity contribution in [2.75, 3.05) is 30.3 Å². The SMILES string of the molecule is CCCOc1cc(N2CCC3CCCCC3C2)ccc1N. The van der Waals surface area contributed by atoms with Gasteiger partial charge in [0.05, 0.1) is 12.3 Å². The van der Waals surface area contributed by atoms with Crippen LogP contribution in [0.1, 0.15) is 45.4 Å². The molecule has 1 saturated heterocycles. The van der Waals surface area contributed by atoms with Crippen LogP contribution in [0.4, 0.5) is 11.4 Å². The van der Waals surface area contributed by atoms with Gasteiger partial charge in [-0.2, -0.15) is 0 Å². The maximum Gasteiger partial charge on any atom is 0.144 e. The standard InChI is InChI=1S/C18H28N2O/c1-2-11-21-18-12-16(7-8-17(18)19)20-10-9-14-5-3-4-6-15(14)13-20/h7-8,12,14-15H,2-6,9-11,13,19H2,1H3. The number of anilines is 2. The van der Waals surface area contributed by atoms with E-state index in [1.54, 1.807) is 0 Å². The molecule has 0 radical (unpaired) electrons. The second-order valence-electron chi connectivity index (χ2n) is 6.61. The Morgan fingerprint density at radius 2 is 2.00 bits per heavy atom. The summed E-state index contributed by atoms with van der Waals surface area (Å²) in [4.78, 5) is 2.53. The zero-order valence-corrected chi connectivity index (χ0v) is 13.2. The van der Waals surface area contributed by atoms with E-state index in [-0.39, 0.29) is 0 Å². The number of rotatable bonds is 4. The summed E-state index contributed by atoms with van der Waals surface area (Å²) in [7, 11) is 0. The number of benzene rings is 1. The number of nitrogens with two attached hydrogens (primary N) is 1. The van der Waals surface area contributed by atoms with Gasteiger partial charge in [-0.25, -0.2) is 0 Å². The predicted molar refractivity (Wildman–Crippen MR) is 88.9 cm³/mol. The minimum absolute atomic E-state index is 0.734. The van der Waals surface area contributed by atoms with Gasteiger partial charge in [0, 0.05) is 24.8 Å². The van der Waals surface area contributed by atoms with Gasteiger partial charge < -0.3 is 15.4 Å². The third-order valence-electron chi connectivity index (χ3n) is 5.12. The Kier molecular flexibility index (Phi) is 4.57. The molecule has 2 aliphatic rings. The molecular formula is C18H28N2O. The fourth-order valence-corrected chi connectivity index (χ4v) is 3.89. The van der Waals surface area contributed by atoms with E-state index < -0.39 is 0 Å². The van der Waals surface area contributed by atoms with Crippen LogP contribution < -0.4 is 15.4 Å². The van der Waals surface area contributed by atoms with Gasteiger partial charge in [0.15, 0.2) is 0 Å². The third kappa shape index (κ3) is 3.28. The molecule has 3 nitrogen and oxygen atoms in total. The summed E-state index contributed by atoms with van der Waals surface area (Å²) in [6, 6.07) is 6.28. The minimum atomic E-state index is 0.734. The van der Waals surface area contributed by atoms with Gasteiger partial charge in [-0.05, 0) is 43.2 Å². The van der Waals surface area contributed by atoms with Crippen LogP contribution in [0.15, 0.2) is 18.2 Å². The Bertz CT molecular complexity index is 474. The number of ether oxygens (including phenoxy) is 1. The van der Waals surface area contributed by atoms with Crippen molar-refractivity contribution in [1.29, 1.82) is 0 Å². The number of hydrogen-bond donors (Lipinski definition) is 1. The molecule has 0 amide bonds. The Morgan fingerprint density at radius 1 is 1.19 bits per heavy atom. The molecule has 1 saturated carbocycles. The molecule has 0 aromatic heterocycles. The van der Waals surface area contributed by atoms with Crippen molar-refractivity contribution in [2.45, 2.75) is 45.4 Å². The van der Waals surface area contributed by atoms with Crippen LogP contribution in [-0.2, 0) is 0 Å². The average molecular weight is 288 g/mol. The first kappa shape index (κ1) is 14.6. The van der Waals surface area contributed by atoms with Crippen molar-refractivity contribution < 1.29 is 4.74 Å². The molecule has 3 heteroatoms. The Hall–Kier alpha value is -1.38. The number of fused-ring (bicyclic) bond motifs is 1. The van der Waals surface area contributed by atoms with E-state index in [9.17, 15) is 0 Å². The lowest BCUT2D eigenvalue weighted by molar-refractivity contribution is 0.202. The van der Waals surface area contributed by atoms with Crippen molar-refractivity contribution in [2.24, 2.45) is 11.8 Å². The van der Waals surface area contributed by atoms with Crippen LogP contribution in [0.5, 0.6) is 5.75 Å². The number of hydrogen-bond acceptors (Lipinski definition) is 3. The highest BCUT2D eigenvalue weighted by Crippen LogP contribution is 2.38. The highest BCUT2D eigenvalue weighted by molar-refractivity contribution is 5.62. The number of nitrogens with zero attached hydrogens (tertiary/aromatic N) is 1. The summed E-state index contributed by atoms with van der Waals surface area (Å²) in [5.41, 5.74) is 8.05. The molecule has 3 rings (SSSR count). The van der Waals surface area contributed by atoms with E-state index in [0.29, 0.717) is 0 Å². The summed E-state index contributed by atoms with van der Waals surface area (Å²) in [5, 5.41) is 0. The fraction of sp³-hybridized carbons (Fsp3) is 0.667. The van der Waals surface area contributed by atoms with Crippen LogP contribution in [0.3, 0.4) is 0 Å². The van der Waals surface area contributed by atoms with E-state index >= 15 is 0 Å². The fourth-order valence-electron chi connectivity index (χ4n) is 3.89. The number of piperidine rings is 1. The van der Waals surface area contributed by atoms with Crippen LogP contribution in [0, 0.1) is 11.8 Å². The molecule has 1 aromatic rings. The van der Waals surface area contributed by atoms with Crippen LogP contribution in [0.2, 0.25) is 0 Å². The number of nitrogen functional groups attached to an aromatic ring is 1. The highest BCUT2D eigenvalue weighted by Gasteiger charge is 2.31. The largest absolute Gasteiger partial charge is 0.491 e. The minimum Gasteiger partial charge on any atom is -0.491 e. The van der Waals surface area contributed by atoms with E-state index in [1.165, 1.54) is 50.9 Å². The summed E-state index contributed by atoms with van der Waals surface area (Å²) in [6.07, 6.45) is 8.08. The summed E-state index contributed by atoms with van der Waals surface area (Å²) >= 11 is 0. The molecule has 2 fully saturated rings. The molecule has 116 valence electrons. The van der Waals surface area contributed by atoms with Gasteiger partial charge in [-0.1, -0.05) is 26.2 Å². The molecule has 0 bridgehead atoms. The Morgan fingerprint density at radius 3 is 2.81 bits per heavy atom. The lowest BCUT2D eigenvalue weighted by Gasteiger charge is -2.42. The molecule has 2 N–H and O–H groups in total. The van der Waals surface area contributed by atoms with Crippen molar-refractivity contribution in [3.05, 3.63) is 18.2 Å². The summed E-state index contributed by atoms with van der Waals surface area (Å²) in [5.74, 6) is 2.71. The first-order chi connectivity index (χ1) is 10.3. The van der Waals surface area contributed by atoms with Gasteiger partial charge in [0.2, 0.25) is 0 Å². The first-order valence-corrected chi connectivity index (χ1v) is 8.55. The van der Waals surface area contributed by atoms with Gasteiger partial charge in [0.1, 0.15) is 5.75 Å². The maximum atomic E-state index is 6.02. The molecule has 0 spiro atoms. The van der Waals surface area contributed by atoms with Crippen LogP contribution >= 0.6 is 0 Å². The van der Waals surface area contributed by atoms with Gasteiger partial charge in [-0.3, -0.25) is 0 Å². The smallest absolute Gasteiger partial charge is 0.144 e. The lowest BCUT2D eigenvalue weighted by Crippen LogP contribution is -2.41. The molecule has 1 aromatic carbocycles. The molecule has 2 unspecified atom stereocenters. The molecule has 1 aliphatic carbocycles. The summed E-state index contributed by atoms with van der Waals surface area (Å²) < 4.78 is 5.77. The average Bonchev–Trinajstić information content (AvgIpc) is 2.53. The molecule has 1 heterocycles. The van der Waals surface area contributed by atoms with Crippen molar-refractivity contribution in [1.82, 2.24) is 0 Å². The zero-order chi connectivity index (χ0) is 14.7.